The first-order chi connectivity index (χ1) is 13.2. The van der Waals surface area contributed by atoms with Gasteiger partial charge in [0.05, 0.1) is 4.88 Å². The van der Waals surface area contributed by atoms with Gasteiger partial charge in [0.25, 0.3) is 5.91 Å². The van der Waals surface area contributed by atoms with Crippen LogP contribution in [0.3, 0.4) is 0 Å². The van der Waals surface area contributed by atoms with E-state index in [4.69, 9.17) is 16.6 Å². The highest BCUT2D eigenvalue weighted by molar-refractivity contribution is 7.80. The number of nitrogens with zero attached hydrogens (tertiary/aromatic N) is 1. The van der Waals surface area contributed by atoms with Crippen molar-refractivity contribution >= 4 is 51.4 Å². The molecule has 2 N–H and O–H groups in total. The van der Waals surface area contributed by atoms with Crippen LogP contribution in [0.1, 0.15) is 21.1 Å². The zero-order valence-electron chi connectivity index (χ0n) is 14.1. The molecule has 5 nitrogen and oxygen atoms in total. The highest BCUT2D eigenvalue weighted by atomic mass is 32.1. The minimum absolute atomic E-state index is 0.213. The molecule has 7 heteroatoms. The molecule has 0 unspecified atom stereocenters. The number of thiophene rings is 1. The Morgan fingerprint density at radius 3 is 2.63 bits per heavy atom. The number of fused-ring (bicyclic) bond motifs is 1. The molecule has 134 valence electrons. The molecule has 2 heterocycles. The van der Waals surface area contributed by atoms with Crippen LogP contribution in [0.15, 0.2) is 70.5 Å². The summed E-state index contributed by atoms with van der Waals surface area (Å²) in [6.45, 7) is 0. The topological polar surface area (TPSA) is 67.2 Å². The Bertz CT molecular complexity index is 1050. The number of carbonyl (C=O) groups excluding carboxylic acids is 1. The van der Waals surface area contributed by atoms with Crippen molar-refractivity contribution in [3.05, 3.63) is 82.4 Å². The van der Waals surface area contributed by atoms with E-state index in [1.165, 1.54) is 11.3 Å². The van der Waals surface area contributed by atoms with Gasteiger partial charge in [-0.2, -0.15) is 0 Å². The third-order valence-electron chi connectivity index (χ3n) is 3.88. The minimum Gasteiger partial charge on any atom is -0.440 e. The Hall–Kier alpha value is -3.03. The molecule has 0 aliphatic rings. The van der Waals surface area contributed by atoms with E-state index in [-0.39, 0.29) is 11.0 Å². The summed E-state index contributed by atoms with van der Waals surface area (Å²) in [6, 6.07) is 19.0. The van der Waals surface area contributed by atoms with Crippen LogP contribution >= 0.6 is 23.6 Å². The molecule has 0 aliphatic carbocycles. The second-order valence-corrected chi connectivity index (χ2v) is 7.19. The Morgan fingerprint density at radius 1 is 1.07 bits per heavy atom. The molecule has 4 aromatic rings. The molecular weight excluding hydrogens is 378 g/mol. The van der Waals surface area contributed by atoms with E-state index in [1.54, 1.807) is 6.07 Å². The summed E-state index contributed by atoms with van der Waals surface area (Å²) in [6.07, 6.45) is 0.606. The highest BCUT2D eigenvalue weighted by Crippen LogP contribution is 2.18. The van der Waals surface area contributed by atoms with Gasteiger partial charge in [0.1, 0.15) is 5.52 Å². The van der Waals surface area contributed by atoms with Gasteiger partial charge in [-0.1, -0.05) is 30.3 Å². The summed E-state index contributed by atoms with van der Waals surface area (Å²) < 4.78 is 5.75. The van der Waals surface area contributed by atoms with Crippen LogP contribution in [0.4, 0.5) is 5.69 Å². The number of amides is 1. The van der Waals surface area contributed by atoms with Crippen LogP contribution in [0.25, 0.3) is 11.1 Å². The van der Waals surface area contributed by atoms with Crippen LogP contribution < -0.4 is 10.6 Å². The zero-order chi connectivity index (χ0) is 18.6. The fourth-order valence-electron chi connectivity index (χ4n) is 2.61. The predicted molar refractivity (Wildman–Crippen MR) is 111 cm³/mol. The van der Waals surface area contributed by atoms with Crippen molar-refractivity contribution in [1.29, 1.82) is 0 Å². The summed E-state index contributed by atoms with van der Waals surface area (Å²) in [4.78, 5) is 17.1. The molecule has 1 amide bonds. The van der Waals surface area contributed by atoms with E-state index in [1.807, 2.05) is 60.0 Å². The van der Waals surface area contributed by atoms with E-state index in [0.29, 0.717) is 17.2 Å². The quantitative estimate of drug-likeness (QED) is 0.496. The highest BCUT2D eigenvalue weighted by Gasteiger charge is 2.09. The lowest BCUT2D eigenvalue weighted by atomic mass is 10.1. The van der Waals surface area contributed by atoms with Gasteiger partial charge in [-0.3, -0.25) is 10.1 Å². The standard InChI is InChI=1S/C20H15N3O2S2/c24-19(17-6-3-11-27-17)23-20(26)21-14-9-7-13(8-10-14)12-18-22-15-4-1-2-5-16(15)25-18/h1-11H,12H2,(H2,21,23,24,26). The summed E-state index contributed by atoms with van der Waals surface area (Å²) >= 11 is 6.57. The summed E-state index contributed by atoms with van der Waals surface area (Å²) in [7, 11) is 0. The van der Waals surface area contributed by atoms with E-state index in [2.05, 4.69) is 15.6 Å². The van der Waals surface area contributed by atoms with Crippen LogP contribution in [-0.4, -0.2) is 16.0 Å². The molecule has 0 saturated carbocycles. The molecule has 0 saturated heterocycles. The molecule has 0 bridgehead atoms. The second-order valence-electron chi connectivity index (χ2n) is 5.83. The number of rotatable bonds is 4. The summed E-state index contributed by atoms with van der Waals surface area (Å²) in [5.74, 6) is 0.464. The molecular formula is C20H15N3O2S2. The van der Waals surface area contributed by atoms with Crippen molar-refractivity contribution in [2.24, 2.45) is 0 Å². The maximum absolute atomic E-state index is 12.0. The lowest BCUT2D eigenvalue weighted by Crippen LogP contribution is -2.33. The van der Waals surface area contributed by atoms with Crippen molar-refractivity contribution in [2.45, 2.75) is 6.42 Å². The van der Waals surface area contributed by atoms with Crippen LogP contribution in [-0.2, 0) is 6.42 Å². The predicted octanol–water partition coefficient (Wildman–Crippen LogP) is 4.61. The number of para-hydroxylation sites is 2. The van der Waals surface area contributed by atoms with Crippen molar-refractivity contribution in [1.82, 2.24) is 10.3 Å². The molecule has 0 spiro atoms. The summed E-state index contributed by atoms with van der Waals surface area (Å²) in [5, 5.41) is 7.79. The number of thiocarbonyl (C=S) groups is 1. The number of carbonyl (C=O) groups is 1. The van der Waals surface area contributed by atoms with Crippen LogP contribution in [0.2, 0.25) is 0 Å². The SMILES string of the molecule is O=C(NC(=S)Nc1ccc(Cc2nc3ccccc3o2)cc1)c1cccs1. The largest absolute Gasteiger partial charge is 0.440 e. The monoisotopic (exact) mass is 393 g/mol. The van der Waals surface area contributed by atoms with Gasteiger partial charge in [-0.05, 0) is 53.5 Å². The van der Waals surface area contributed by atoms with E-state index in [9.17, 15) is 4.79 Å². The van der Waals surface area contributed by atoms with Gasteiger partial charge in [0.2, 0.25) is 0 Å². The molecule has 4 rings (SSSR count). The average Bonchev–Trinajstić information content (AvgIpc) is 3.32. The molecule has 0 atom stereocenters. The van der Waals surface area contributed by atoms with Crippen molar-refractivity contribution in [2.75, 3.05) is 5.32 Å². The first kappa shape index (κ1) is 17.4. The van der Waals surface area contributed by atoms with E-state index >= 15 is 0 Å². The third-order valence-corrected chi connectivity index (χ3v) is 4.95. The van der Waals surface area contributed by atoms with Gasteiger partial charge in [0.15, 0.2) is 16.6 Å². The Balaban J connectivity index is 1.37. The molecule has 27 heavy (non-hydrogen) atoms. The van der Waals surface area contributed by atoms with Gasteiger partial charge in [-0.25, -0.2) is 4.98 Å². The van der Waals surface area contributed by atoms with Crippen LogP contribution in [0, 0.1) is 0 Å². The molecule has 0 fully saturated rings. The normalized spacial score (nSPS) is 10.7. The zero-order valence-corrected chi connectivity index (χ0v) is 15.8. The fraction of sp³-hybridized carbons (Fsp3) is 0.0500. The lowest BCUT2D eigenvalue weighted by molar-refractivity contribution is 0.0981. The van der Waals surface area contributed by atoms with Crippen molar-refractivity contribution in [3.63, 3.8) is 0 Å². The van der Waals surface area contributed by atoms with Gasteiger partial charge in [-0.15, -0.1) is 11.3 Å². The number of hydrogen-bond acceptors (Lipinski definition) is 5. The number of benzene rings is 2. The number of anilines is 1. The van der Waals surface area contributed by atoms with E-state index in [0.717, 1.165) is 22.4 Å². The smallest absolute Gasteiger partial charge is 0.267 e. The molecule has 0 radical (unpaired) electrons. The number of hydrogen-bond donors (Lipinski definition) is 2. The number of oxazole rings is 1. The number of aromatic nitrogens is 1. The van der Waals surface area contributed by atoms with Gasteiger partial charge < -0.3 is 9.73 Å². The Labute approximate surface area is 165 Å². The Morgan fingerprint density at radius 2 is 1.89 bits per heavy atom. The third kappa shape index (κ3) is 4.21. The van der Waals surface area contributed by atoms with Gasteiger partial charge >= 0.3 is 0 Å². The van der Waals surface area contributed by atoms with E-state index < -0.39 is 0 Å². The maximum Gasteiger partial charge on any atom is 0.267 e. The van der Waals surface area contributed by atoms with Crippen molar-refractivity contribution in [3.8, 4) is 0 Å². The Kier molecular flexibility index (Phi) is 4.95. The molecule has 2 aromatic carbocycles. The molecule has 0 aliphatic heterocycles. The first-order valence-corrected chi connectivity index (χ1v) is 9.55. The average molecular weight is 393 g/mol. The fourth-order valence-corrected chi connectivity index (χ4v) is 3.44. The summed E-state index contributed by atoms with van der Waals surface area (Å²) in [5.41, 5.74) is 3.52. The molecule has 2 aromatic heterocycles. The second kappa shape index (κ2) is 7.69. The minimum atomic E-state index is -0.213. The lowest BCUT2D eigenvalue weighted by Gasteiger charge is -2.09. The van der Waals surface area contributed by atoms with Crippen molar-refractivity contribution < 1.29 is 9.21 Å². The number of nitrogens with one attached hydrogen (secondary N) is 2. The van der Waals surface area contributed by atoms with Crippen LogP contribution in [0.5, 0.6) is 0 Å². The van der Waals surface area contributed by atoms with Gasteiger partial charge in [0, 0.05) is 12.1 Å². The maximum atomic E-state index is 12.0. The first-order valence-electron chi connectivity index (χ1n) is 8.26.